The number of ether oxygens (including phenoxy) is 1. The highest BCUT2D eigenvalue weighted by molar-refractivity contribution is 5.78. The van der Waals surface area contributed by atoms with Gasteiger partial charge in [0.1, 0.15) is 5.76 Å². The third kappa shape index (κ3) is 4.67. The van der Waals surface area contributed by atoms with Gasteiger partial charge in [0.15, 0.2) is 0 Å². The van der Waals surface area contributed by atoms with Gasteiger partial charge in [-0.3, -0.25) is 9.69 Å². The normalized spacial score (nSPS) is 16.6. The van der Waals surface area contributed by atoms with Crippen LogP contribution in [0.2, 0.25) is 0 Å². The van der Waals surface area contributed by atoms with Crippen LogP contribution in [-0.2, 0) is 16.0 Å². The van der Waals surface area contributed by atoms with Crippen molar-refractivity contribution in [2.45, 2.75) is 26.3 Å². The van der Waals surface area contributed by atoms with E-state index in [9.17, 15) is 4.79 Å². The fourth-order valence-corrected chi connectivity index (χ4v) is 2.92. The number of hydrogen-bond donors (Lipinski definition) is 1. The highest BCUT2D eigenvalue weighted by atomic mass is 16.5. The van der Waals surface area contributed by atoms with Gasteiger partial charge in [-0.15, -0.1) is 0 Å². The molecule has 6 heteroatoms. The Morgan fingerprint density at radius 2 is 2.00 bits per heavy atom. The van der Waals surface area contributed by atoms with Crippen molar-refractivity contribution in [1.82, 2.24) is 15.2 Å². The smallest absolute Gasteiger partial charge is 0.226 e. The lowest BCUT2D eigenvalue weighted by molar-refractivity contribution is -0.120. The molecule has 1 fully saturated rings. The number of morpholine rings is 1. The average Bonchev–Trinajstić information content (AvgIpc) is 3.01. The average molecular weight is 343 g/mol. The molecule has 1 aliphatic rings. The number of nitrogens with zero attached hydrogens (tertiary/aromatic N) is 2. The summed E-state index contributed by atoms with van der Waals surface area (Å²) in [6.07, 6.45) is 0.234. The summed E-state index contributed by atoms with van der Waals surface area (Å²) >= 11 is 0. The van der Waals surface area contributed by atoms with Crippen LogP contribution in [0, 0.1) is 6.92 Å². The summed E-state index contributed by atoms with van der Waals surface area (Å²) in [6, 6.07) is 10.0. The Balaban J connectivity index is 1.53. The van der Waals surface area contributed by atoms with Crippen LogP contribution in [0.25, 0.3) is 11.5 Å². The lowest BCUT2D eigenvalue weighted by atomic mass is 10.2. The molecule has 25 heavy (non-hydrogen) atoms. The van der Waals surface area contributed by atoms with E-state index in [0.717, 1.165) is 31.9 Å². The Morgan fingerprint density at radius 1 is 1.28 bits per heavy atom. The van der Waals surface area contributed by atoms with E-state index in [1.165, 1.54) is 0 Å². The van der Waals surface area contributed by atoms with Crippen molar-refractivity contribution in [1.29, 1.82) is 0 Å². The molecule has 0 aliphatic carbocycles. The van der Waals surface area contributed by atoms with E-state index in [4.69, 9.17) is 9.15 Å². The molecule has 134 valence electrons. The number of rotatable bonds is 6. The predicted molar refractivity (Wildman–Crippen MR) is 95.2 cm³/mol. The maximum atomic E-state index is 12.3. The summed E-state index contributed by atoms with van der Waals surface area (Å²) in [5, 5.41) is 3.00. The van der Waals surface area contributed by atoms with Crippen molar-refractivity contribution < 1.29 is 13.9 Å². The molecule has 1 aliphatic heterocycles. The van der Waals surface area contributed by atoms with E-state index in [1.807, 2.05) is 37.3 Å². The maximum absolute atomic E-state index is 12.3. The van der Waals surface area contributed by atoms with E-state index in [1.54, 1.807) is 0 Å². The summed E-state index contributed by atoms with van der Waals surface area (Å²) in [7, 11) is 0. The number of hydrogen-bond acceptors (Lipinski definition) is 5. The Kier molecular flexibility index (Phi) is 5.83. The van der Waals surface area contributed by atoms with Crippen molar-refractivity contribution in [3.05, 3.63) is 41.8 Å². The minimum absolute atomic E-state index is 0.0314. The summed E-state index contributed by atoms with van der Waals surface area (Å²) < 4.78 is 11.1. The monoisotopic (exact) mass is 343 g/mol. The number of aromatic nitrogens is 1. The van der Waals surface area contributed by atoms with Crippen molar-refractivity contribution in [3.63, 3.8) is 0 Å². The minimum atomic E-state index is -0.0314. The van der Waals surface area contributed by atoms with Gasteiger partial charge < -0.3 is 14.5 Å². The molecule has 1 amide bonds. The number of oxazole rings is 1. The molecule has 2 heterocycles. The fourth-order valence-electron chi connectivity index (χ4n) is 2.92. The largest absolute Gasteiger partial charge is 0.441 e. The summed E-state index contributed by atoms with van der Waals surface area (Å²) in [4.78, 5) is 19.1. The molecular weight excluding hydrogens is 318 g/mol. The van der Waals surface area contributed by atoms with Crippen LogP contribution in [0.5, 0.6) is 0 Å². The SMILES string of the molecule is Cc1oc(-c2ccccc2)nc1CC(=O)NC[C@H](C)N1CCOCC1. The van der Waals surface area contributed by atoms with Crippen LogP contribution in [0.3, 0.4) is 0 Å². The molecular formula is C19H25N3O3. The van der Waals surface area contributed by atoms with Crippen LogP contribution in [0.1, 0.15) is 18.4 Å². The Labute approximate surface area is 148 Å². The number of benzene rings is 1. The maximum Gasteiger partial charge on any atom is 0.226 e. The van der Waals surface area contributed by atoms with E-state index >= 15 is 0 Å². The van der Waals surface area contributed by atoms with Gasteiger partial charge in [0.25, 0.3) is 0 Å². The topological polar surface area (TPSA) is 67.6 Å². The first-order valence-electron chi connectivity index (χ1n) is 8.73. The van der Waals surface area contributed by atoms with Gasteiger partial charge in [0.2, 0.25) is 11.8 Å². The molecule has 3 rings (SSSR count). The summed E-state index contributed by atoms with van der Waals surface area (Å²) in [6.45, 7) is 7.96. The van der Waals surface area contributed by atoms with Crippen LogP contribution >= 0.6 is 0 Å². The second kappa shape index (κ2) is 8.27. The third-order valence-electron chi connectivity index (χ3n) is 4.51. The molecule has 6 nitrogen and oxygen atoms in total. The first kappa shape index (κ1) is 17.6. The van der Waals surface area contributed by atoms with Crippen molar-refractivity contribution >= 4 is 5.91 Å². The zero-order valence-corrected chi connectivity index (χ0v) is 14.8. The van der Waals surface area contributed by atoms with Gasteiger partial charge in [-0.1, -0.05) is 18.2 Å². The molecule has 0 spiro atoms. The van der Waals surface area contributed by atoms with Gasteiger partial charge in [-0.25, -0.2) is 4.98 Å². The Morgan fingerprint density at radius 3 is 2.72 bits per heavy atom. The molecule has 1 atom stereocenters. The van der Waals surface area contributed by atoms with Gasteiger partial charge in [0.05, 0.1) is 25.3 Å². The number of amides is 1. The zero-order chi connectivity index (χ0) is 17.6. The lowest BCUT2D eigenvalue weighted by Gasteiger charge is -2.32. The number of carbonyl (C=O) groups excluding carboxylic acids is 1. The van der Waals surface area contributed by atoms with Crippen LogP contribution in [0.15, 0.2) is 34.7 Å². The van der Waals surface area contributed by atoms with Crippen LogP contribution in [0.4, 0.5) is 0 Å². The molecule has 1 saturated heterocycles. The predicted octanol–water partition coefficient (Wildman–Crippen LogP) is 2.03. The second-order valence-electron chi connectivity index (χ2n) is 6.37. The van der Waals surface area contributed by atoms with Crippen molar-refractivity contribution in [2.75, 3.05) is 32.8 Å². The molecule has 2 aromatic rings. The molecule has 1 N–H and O–H groups in total. The zero-order valence-electron chi connectivity index (χ0n) is 14.8. The number of aryl methyl sites for hydroxylation is 1. The van der Waals surface area contributed by atoms with Crippen LogP contribution in [-0.4, -0.2) is 54.7 Å². The summed E-state index contributed by atoms with van der Waals surface area (Å²) in [5.41, 5.74) is 1.61. The quantitative estimate of drug-likeness (QED) is 0.869. The Hall–Kier alpha value is -2.18. The highest BCUT2D eigenvalue weighted by Gasteiger charge is 2.19. The first-order chi connectivity index (χ1) is 12.1. The van der Waals surface area contributed by atoms with Gasteiger partial charge in [-0.2, -0.15) is 0 Å². The first-order valence-corrected chi connectivity index (χ1v) is 8.73. The van der Waals surface area contributed by atoms with Crippen molar-refractivity contribution in [3.8, 4) is 11.5 Å². The number of nitrogens with one attached hydrogen (secondary N) is 1. The molecule has 0 unspecified atom stereocenters. The molecule has 1 aromatic carbocycles. The van der Waals surface area contributed by atoms with Crippen LogP contribution < -0.4 is 5.32 Å². The van der Waals surface area contributed by atoms with E-state index in [0.29, 0.717) is 29.9 Å². The molecule has 1 aromatic heterocycles. The van der Waals surface area contributed by atoms with Crippen molar-refractivity contribution in [2.24, 2.45) is 0 Å². The molecule has 0 radical (unpaired) electrons. The van der Waals surface area contributed by atoms with E-state index in [-0.39, 0.29) is 12.3 Å². The highest BCUT2D eigenvalue weighted by Crippen LogP contribution is 2.21. The lowest BCUT2D eigenvalue weighted by Crippen LogP contribution is -2.47. The van der Waals surface area contributed by atoms with E-state index in [2.05, 4.69) is 22.1 Å². The van der Waals surface area contributed by atoms with Gasteiger partial charge >= 0.3 is 0 Å². The number of carbonyl (C=O) groups is 1. The fraction of sp³-hybridized carbons (Fsp3) is 0.474. The second-order valence-corrected chi connectivity index (χ2v) is 6.37. The van der Waals surface area contributed by atoms with Gasteiger partial charge in [-0.05, 0) is 26.0 Å². The van der Waals surface area contributed by atoms with E-state index < -0.39 is 0 Å². The third-order valence-corrected chi connectivity index (χ3v) is 4.51. The summed E-state index contributed by atoms with van der Waals surface area (Å²) in [5.74, 6) is 1.22. The van der Waals surface area contributed by atoms with Gasteiger partial charge in [0, 0.05) is 31.2 Å². The molecule has 0 saturated carbocycles. The standard InChI is InChI=1S/C19H25N3O3/c1-14(22-8-10-24-11-9-22)13-20-18(23)12-17-15(2)25-19(21-17)16-6-4-3-5-7-16/h3-7,14H,8-13H2,1-2H3,(H,20,23)/t14-/m0/s1. The molecule has 0 bridgehead atoms. The minimum Gasteiger partial charge on any atom is -0.441 e. The Bertz CT molecular complexity index is 693.